The van der Waals surface area contributed by atoms with Crippen molar-refractivity contribution in [2.24, 2.45) is 0 Å². The van der Waals surface area contributed by atoms with E-state index in [1.54, 1.807) is 0 Å². The first-order valence-corrected chi connectivity index (χ1v) is 4.36. The quantitative estimate of drug-likeness (QED) is 0.655. The lowest BCUT2D eigenvalue weighted by atomic mass is 10.3. The molecule has 17 heavy (non-hydrogen) atoms. The molecule has 2 nitrogen and oxygen atoms in total. The Morgan fingerprint density at radius 1 is 0.824 bits per heavy atom. The van der Waals surface area contributed by atoms with Crippen LogP contribution in [0, 0.1) is 0 Å². The van der Waals surface area contributed by atoms with E-state index in [9.17, 15) is 26.3 Å². The lowest BCUT2D eigenvalue weighted by molar-refractivity contribution is -0.287. The first-order valence-electron chi connectivity index (χ1n) is 3.91. The average Bonchev–Trinajstić information content (AvgIpc) is 2.05. The van der Waals surface area contributed by atoms with Crippen LogP contribution in [0.4, 0.5) is 26.3 Å². The molecule has 0 aliphatic carbocycles. The molecule has 0 N–H and O–H groups in total. The smallest absolute Gasteiger partial charge is 0.402 e. The van der Waals surface area contributed by atoms with Crippen LogP contribution < -0.4 is 9.47 Å². The van der Waals surface area contributed by atoms with Gasteiger partial charge in [0.15, 0.2) is 11.5 Å². The van der Waals surface area contributed by atoms with E-state index in [4.69, 9.17) is 0 Å². The summed E-state index contributed by atoms with van der Waals surface area (Å²) in [6.07, 6.45) is -10.2. The summed E-state index contributed by atoms with van der Waals surface area (Å²) >= 11 is 3.68. The van der Waals surface area contributed by atoms with Crippen molar-refractivity contribution in [1.82, 2.24) is 0 Å². The molecule has 0 spiro atoms. The number of hydrogen-bond acceptors (Lipinski definition) is 3. The van der Waals surface area contributed by atoms with Crippen LogP contribution in [0.5, 0.6) is 11.5 Å². The molecule has 96 valence electrons. The van der Waals surface area contributed by atoms with Crippen molar-refractivity contribution in [2.45, 2.75) is 17.6 Å². The standard InChI is InChI=1S/C8H4F6O2S/c9-7(10,11)15-5-2-1-4(17)3-6(5)16-8(12,13)14/h1-3,17H. The maximum absolute atomic E-state index is 11.9. The Balaban J connectivity index is 3.04. The van der Waals surface area contributed by atoms with Gasteiger partial charge in [-0.1, -0.05) is 0 Å². The van der Waals surface area contributed by atoms with E-state index in [1.165, 1.54) is 0 Å². The Hall–Kier alpha value is -1.25. The highest BCUT2D eigenvalue weighted by molar-refractivity contribution is 7.80. The molecule has 0 amide bonds. The lowest BCUT2D eigenvalue weighted by Crippen LogP contribution is -2.21. The van der Waals surface area contributed by atoms with Gasteiger partial charge >= 0.3 is 12.7 Å². The van der Waals surface area contributed by atoms with Gasteiger partial charge in [-0.05, 0) is 18.2 Å². The maximum atomic E-state index is 11.9. The zero-order chi connectivity index (χ0) is 13.3. The molecule has 0 heterocycles. The molecule has 0 radical (unpaired) electrons. The van der Waals surface area contributed by atoms with Gasteiger partial charge in [-0.15, -0.1) is 39.0 Å². The number of alkyl halides is 6. The van der Waals surface area contributed by atoms with Gasteiger partial charge in [0, 0.05) is 4.90 Å². The van der Waals surface area contributed by atoms with Crippen molar-refractivity contribution in [2.75, 3.05) is 0 Å². The van der Waals surface area contributed by atoms with E-state index in [-0.39, 0.29) is 4.90 Å². The Morgan fingerprint density at radius 3 is 1.76 bits per heavy atom. The van der Waals surface area contributed by atoms with Crippen LogP contribution in [-0.2, 0) is 0 Å². The Morgan fingerprint density at radius 2 is 1.29 bits per heavy atom. The van der Waals surface area contributed by atoms with E-state index in [0.29, 0.717) is 12.1 Å². The fourth-order valence-corrected chi connectivity index (χ4v) is 1.10. The number of halogens is 6. The molecule has 0 aliphatic rings. The highest BCUT2D eigenvalue weighted by atomic mass is 32.1. The number of thiol groups is 1. The fraction of sp³-hybridized carbons (Fsp3) is 0.250. The van der Waals surface area contributed by atoms with E-state index in [1.807, 2.05) is 0 Å². The van der Waals surface area contributed by atoms with Crippen LogP contribution in [0.2, 0.25) is 0 Å². The first kappa shape index (κ1) is 13.8. The number of ether oxygens (including phenoxy) is 2. The normalized spacial score (nSPS) is 12.4. The SMILES string of the molecule is FC(F)(F)Oc1ccc(S)cc1OC(F)(F)F. The third kappa shape index (κ3) is 5.07. The van der Waals surface area contributed by atoms with Gasteiger partial charge < -0.3 is 9.47 Å². The summed E-state index contributed by atoms with van der Waals surface area (Å²) in [5.74, 6) is -2.20. The Labute approximate surface area is 96.5 Å². The molecule has 1 rings (SSSR count). The molecule has 9 heteroatoms. The molecule has 0 aromatic heterocycles. The minimum atomic E-state index is -5.12. The maximum Gasteiger partial charge on any atom is 0.573 e. The average molecular weight is 278 g/mol. The van der Waals surface area contributed by atoms with Gasteiger partial charge in [0.1, 0.15) is 0 Å². The van der Waals surface area contributed by atoms with Crippen LogP contribution in [0.25, 0.3) is 0 Å². The van der Waals surface area contributed by atoms with Gasteiger partial charge in [-0.25, -0.2) is 0 Å². The van der Waals surface area contributed by atoms with Crippen molar-refractivity contribution >= 4 is 12.6 Å². The molecule has 0 atom stereocenters. The van der Waals surface area contributed by atoms with E-state index >= 15 is 0 Å². The van der Waals surface area contributed by atoms with Crippen LogP contribution >= 0.6 is 12.6 Å². The van der Waals surface area contributed by atoms with E-state index in [0.717, 1.165) is 6.07 Å². The van der Waals surface area contributed by atoms with E-state index < -0.39 is 24.2 Å². The Bertz CT molecular complexity index is 400. The first-order chi connectivity index (χ1) is 7.57. The van der Waals surface area contributed by atoms with Crippen LogP contribution in [-0.4, -0.2) is 12.7 Å². The summed E-state index contributed by atoms with van der Waals surface area (Å²) in [6, 6.07) is 2.38. The number of rotatable bonds is 2. The summed E-state index contributed by atoms with van der Waals surface area (Å²) in [5, 5.41) is 0. The molecule has 0 unspecified atom stereocenters. The van der Waals surface area contributed by atoms with Crippen LogP contribution in [0.1, 0.15) is 0 Å². The van der Waals surface area contributed by atoms with Crippen LogP contribution in [0.15, 0.2) is 23.1 Å². The largest absolute Gasteiger partial charge is 0.573 e. The third-order valence-corrected chi connectivity index (χ3v) is 1.66. The lowest BCUT2D eigenvalue weighted by Gasteiger charge is -2.15. The summed E-state index contributed by atoms with van der Waals surface area (Å²) in [4.78, 5) is -0.00113. The molecule has 0 aliphatic heterocycles. The second-order valence-electron chi connectivity index (χ2n) is 2.73. The summed E-state index contributed by atoms with van der Waals surface area (Å²) in [7, 11) is 0. The zero-order valence-corrected chi connectivity index (χ0v) is 8.66. The molecule has 1 aromatic rings. The van der Waals surface area contributed by atoms with Gasteiger partial charge in [0.25, 0.3) is 0 Å². The monoisotopic (exact) mass is 278 g/mol. The second kappa shape index (κ2) is 4.55. The predicted octanol–water partition coefficient (Wildman–Crippen LogP) is 3.77. The minimum absolute atomic E-state index is 0.00113. The zero-order valence-electron chi connectivity index (χ0n) is 7.76. The topological polar surface area (TPSA) is 18.5 Å². The summed E-state index contributed by atoms with van der Waals surface area (Å²) < 4.78 is 78.1. The highest BCUT2D eigenvalue weighted by Gasteiger charge is 2.36. The Kier molecular flexibility index (Phi) is 3.70. The van der Waals surface area contributed by atoms with Crippen molar-refractivity contribution in [1.29, 1.82) is 0 Å². The van der Waals surface area contributed by atoms with Crippen LogP contribution in [0.3, 0.4) is 0 Å². The minimum Gasteiger partial charge on any atom is -0.402 e. The second-order valence-corrected chi connectivity index (χ2v) is 3.24. The van der Waals surface area contributed by atoms with Gasteiger partial charge in [-0.2, -0.15) is 0 Å². The van der Waals surface area contributed by atoms with Crippen molar-refractivity contribution in [3.63, 3.8) is 0 Å². The number of benzene rings is 1. The van der Waals surface area contributed by atoms with E-state index in [2.05, 4.69) is 22.1 Å². The van der Waals surface area contributed by atoms with Crippen molar-refractivity contribution < 1.29 is 35.8 Å². The summed E-state index contributed by atoms with van der Waals surface area (Å²) in [5.41, 5.74) is 0. The highest BCUT2D eigenvalue weighted by Crippen LogP contribution is 2.36. The molecule has 1 aromatic carbocycles. The molecule has 0 bridgehead atoms. The molecular formula is C8H4F6O2S. The third-order valence-electron chi connectivity index (χ3n) is 1.38. The molecule has 0 fully saturated rings. The van der Waals surface area contributed by atoms with Crippen molar-refractivity contribution in [3.05, 3.63) is 18.2 Å². The summed E-state index contributed by atoms with van der Waals surface area (Å²) in [6.45, 7) is 0. The van der Waals surface area contributed by atoms with Crippen molar-refractivity contribution in [3.8, 4) is 11.5 Å². The molecular weight excluding hydrogens is 274 g/mol. The fourth-order valence-electron chi connectivity index (χ4n) is 0.910. The molecule has 0 saturated heterocycles. The van der Waals surface area contributed by atoms with Gasteiger partial charge in [-0.3, -0.25) is 0 Å². The number of hydrogen-bond donors (Lipinski definition) is 1. The predicted molar refractivity (Wildman–Crippen MR) is 47.1 cm³/mol. The van der Waals surface area contributed by atoms with Gasteiger partial charge in [0.05, 0.1) is 0 Å². The van der Waals surface area contributed by atoms with Gasteiger partial charge in [0.2, 0.25) is 0 Å². The molecule has 0 saturated carbocycles.